The molecule has 3 rings (SSSR count). The number of nitrogens with zero attached hydrogens (tertiary/aromatic N) is 1. The van der Waals surface area contributed by atoms with E-state index in [1.54, 1.807) is 13.0 Å². The van der Waals surface area contributed by atoms with Crippen LogP contribution in [0, 0.1) is 0 Å². The maximum atomic E-state index is 12.0. The van der Waals surface area contributed by atoms with Crippen molar-refractivity contribution < 1.29 is 19.7 Å². The lowest BCUT2D eigenvalue weighted by atomic mass is 10.1. The summed E-state index contributed by atoms with van der Waals surface area (Å²) in [7, 11) is 0. The highest BCUT2D eigenvalue weighted by Crippen LogP contribution is 2.32. The Bertz CT molecular complexity index is 1030. The van der Waals surface area contributed by atoms with Gasteiger partial charge in [-0.25, -0.2) is 5.43 Å². The number of amides is 1. The van der Waals surface area contributed by atoms with Crippen LogP contribution in [-0.2, 0) is 4.79 Å². The van der Waals surface area contributed by atoms with Crippen LogP contribution in [0.3, 0.4) is 0 Å². The van der Waals surface area contributed by atoms with Gasteiger partial charge in [-0.1, -0.05) is 30.3 Å². The minimum Gasteiger partial charge on any atom is -0.508 e. The monoisotopic (exact) mass is 428 g/mol. The smallest absolute Gasteiger partial charge is 0.277 e. The summed E-state index contributed by atoms with van der Waals surface area (Å²) in [4.78, 5) is 12.0. The van der Waals surface area contributed by atoms with E-state index in [2.05, 4.69) is 26.5 Å². The zero-order valence-electron chi connectivity index (χ0n) is 14.4. The predicted molar refractivity (Wildman–Crippen MR) is 107 cm³/mol. The SMILES string of the molecule is C/C(=N\NC(=O)COc1ccc2ccccc2c1Br)c1ccc(O)cc1O. The Morgan fingerprint density at radius 1 is 1.15 bits per heavy atom. The molecule has 0 bridgehead atoms. The number of aromatic hydroxyl groups is 2. The fraction of sp³-hybridized carbons (Fsp3) is 0.100. The number of phenols is 2. The molecule has 0 radical (unpaired) electrons. The molecule has 0 aliphatic rings. The molecule has 3 aromatic carbocycles. The predicted octanol–water partition coefficient (Wildman–Crippen LogP) is 3.93. The average molecular weight is 429 g/mol. The molecule has 6 nitrogen and oxygen atoms in total. The van der Waals surface area contributed by atoms with Crippen molar-refractivity contribution in [1.82, 2.24) is 5.43 Å². The van der Waals surface area contributed by atoms with Gasteiger partial charge >= 0.3 is 0 Å². The summed E-state index contributed by atoms with van der Waals surface area (Å²) >= 11 is 3.51. The summed E-state index contributed by atoms with van der Waals surface area (Å²) in [6.45, 7) is 1.42. The van der Waals surface area contributed by atoms with Gasteiger partial charge in [0.25, 0.3) is 5.91 Å². The van der Waals surface area contributed by atoms with Crippen LogP contribution < -0.4 is 10.2 Å². The van der Waals surface area contributed by atoms with Crippen molar-refractivity contribution in [3.05, 3.63) is 64.6 Å². The first kappa shape index (κ1) is 18.7. The van der Waals surface area contributed by atoms with E-state index < -0.39 is 5.91 Å². The van der Waals surface area contributed by atoms with Gasteiger partial charge in [-0.15, -0.1) is 0 Å². The number of hydrazone groups is 1. The topological polar surface area (TPSA) is 91.2 Å². The van der Waals surface area contributed by atoms with Gasteiger partial charge < -0.3 is 14.9 Å². The van der Waals surface area contributed by atoms with Crippen molar-refractivity contribution in [3.63, 3.8) is 0 Å². The standard InChI is InChI=1S/C20H17BrN2O4/c1-12(15-8-7-14(24)10-17(15)25)22-23-19(26)11-27-18-9-6-13-4-2-3-5-16(13)20(18)21/h2-10,24-25H,11H2,1H3,(H,23,26)/b22-12+. The summed E-state index contributed by atoms with van der Waals surface area (Å²) in [5.41, 5.74) is 3.19. The summed E-state index contributed by atoms with van der Waals surface area (Å²) in [6, 6.07) is 15.7. The number of hydrogen-bond donors (Lipinski definition) is 3. The summed E-state index contributed by atoms with van der Waals surface area (Å²) in [6.07, 6.45) is 0. The van der Waals surface area contributed by atoms with E-state index in [1.165, 1.54) is 18.2 Å². The van der Waals surface area contributed by atoms with Crippen LogP contribution >= 0.6 is 15.9 Å². The molecular formula is C20H17BrN2O4. The molecule has 0 fully saturated rings. The summed E-state index contributed by atoms with van der Waals surface area (Å²) < 4.78 is 6.35. The minimum atomic E-state index is -0.437. The normalized spacial score (nSPS) is 11.4. The molecule has 0 aliphatic carbocycles. The van der Waals surface area contributed by atoms with Crippen molar-refractivity contribution in [2.75, 3.05) is 6.61 Å². The number of nitrogens with one attached hydrogen (secondary N) is 1. The molecule has 27 heavy (non-hydrogen) atoms. The van der Waals surface area contributed by atoms with E-state index in [4.69, 9.17) is 4.74 Å². The van der Waals surface area contributed by atoms with E-state index in [9.17, 15) is 15.0 Å². The Labute approximate surface area is 164 Å². The first-order valence-corrected chi connectivity index (χ1v) is 8.90. The highest BCUT2D eigenvalue weighted by Gasteiger charge is 2.09. The number of hydrogen-bond acceptors (Lipinski definition) is 5. The van der Waals surface area contributed by atoms with Crippen LogP contribution in [0.5, 0.6) is 17.2 Å². The van der Waals surface area contributed by atoms with Gasteiger partial charge in [0, 0.05) is 11.6 Å². The molecule has 7 heteroatoms. The Kier molecular flexibility index (Phi) is 5.61. The number of fused-ring (bicyclic) bond motifs is 1. The van der Waals surface area contributed by atoms with Gasteiger partial charge in [-0.05, 0) is 51.8 Å². The minimum absolute atomic E-state index is 0.0533. The maximum Gasteiger partial charge on any atom is 0.277 e. The zero-order chi connectivity index (χ0) is 19.4. The molecule has 3 aromatic rings. The quantitative estimate of drug-likeness (QED) is 0.424. The number of phenolic OH excluding ortho intramolecular Hbond substituents is 2. The fourth-order valence-electron chi connectivity index (χ4n) is 2.53. The Morgan fingerprint density at radius 3 is 2.70 bits per heavy atom. The second-order valence-electron chi connectivity index (χ2n) is 5.82. The van der Waals surface area contributed by atoms with Crippen LogP contribution in [0.4, 0.5) is 0 Å². The van der Waals surface area contributed by atoms with Gasteiger partial charge in [0.05, 0.1) is 10.2 Å². The van der Waals surface area contributed by atoms with Crippen molar-refractivity contribution in [2.24, 2.45) is 5.10 Å². The Balaban J connectivity index is 1.64. The Morgan fingerprint density at radius 2 is 1.93 bits per heavy atom. The van der Waals surface area contributed by atoms with Crippen LogP contribution in [0.2, 0.25) is 0 Å². The third kappa shape index (κ3) is 4.38. The molecule has 3 N–H and O–H groups in total. The first-order chi connectivity index (χ1) is 13.0. The third-order valence-electron chi connectivity index (χ3n) is 3.91. The van der Waals surface area contributed by atoms with E-state index in [1.807, 2.05) is 30.3 Å². The van der Waals surface area contributed by atoms with E-state index >= 15 is 0 Å². The third-order valence-corrected chi connectivity index (χ3v) is 4.72. The molecule has 0 saturated carbocycles. The van der Waals surface area contributed by atoms with Crippen molar-refractivity contribution in [1.29, 1.82) is 0 Å². The van der Waals surface area contributed by atoms with Gasteiger partial charge in [0.2, 0.25) is 0 Å². The Hall–Kier alpha value is -3.06. The highest BCUT2D eigenvalue weighted by atomic mass is 79.9. The number of rotatable bonds is 5. The van der Waals surface area contributed by atoms with Gasteiger partial charge in [0.1, 0.15) is 17.2 Å². The molecule has 0 heterocycles. The summed E-state index contributed by atoms with van der Waals surface area (Å²) in [5.74, 6) is -0.0577. The number of carbonyl (C=O) groups excluding carboxylic acids is 1. The molecule has 0 spiro atoms. The maximum absolute atomic E-state index is 12.0. The van der Waals surface area contributed by atoms with Crippen molar-refractivity contribution in [2.45, 2.75) is 6.92 Å². The van der Waals surface area contributed by atoms with Crippen LogP contribution in [0.25, 0.3) is 10.8 Å². The van der Waals surface area contributed by atoms with Gasteiger partial charge in [0.15, 0.2) is 6.61 Å². The van der Waals surface area contributed by atoms with E-state index in [0.29, 0.717) is 17.0 Å². The molecule has 138 valence electrons. The summed E-state index contributed by atoms with van der Waals surface area (Å²) in [5, 5.41) is 25.1. The molecule has 1 amide bonds. The second kappa shape index (κ2) is 8.09. The first-order valence-electron chi connectivity index (χ1n) is 8.11. The molecular weight excluding hydrogens is 412 g/mol. The lowest BCUT2D eigenvalue weighted by Crippen LogP contribution is -2.25. The number of benzene rings is 3. The number of carbonyl (C=O) groups is 1. The molecule has 0 atom stereocenters. The molecule has 0 saturated heterocycles. The number of halogens is 1. The molecule has 0 aromatic heterocycles. The lowest BCUT2D eigenvalue weighted by Gasteiger charge is -2.10. The lowest BCUT2D eigenvalue weighted by molar-refractivity contribution is -0.123. The van der Waals surface area contributed by atoms with Gasteiger partial charge in [-0.3, -0.25) is 4.79 Å². The van der Waals surface area contributed by atoms with Crippen molar-refractivity contribution >= 4 is 38.3 Å². The van der Waals surface area contributed by atoms with Crippen LogP contribution in [-0.4, -0.2) is 28.4 Å². The molecule has 0 unspecified atom stereocenters. The molecule has 0 aliphatic heterocycles. The van der Waals surface area contributed by atoms with Crippen molar-refractivity contribution in [3.8, 4) is 17.2 Å². The zero-order valence-corrected chi connectivity index (χ0v) is 16.0. The number of ether oxygens (including phenoxy) is 1. The second-order valence-corrected chi connectivity index (χ2v) is 6.61. The highest BCUT2D eigenvalue weighted by molar-refractivity contribution is 9.10. The van der Waals surface area contributed by atoms with Gasteiger partial charge in [-0.2, -0.15) is 5.10 Å². The largest absolute Gasteiger partial charge is 0.508 e. The average Bonchev–Trinajstić information content (AvgIpc) is 2.66. The van der Waals surface area contributed by atoms with E-state index in [0.717, 1.165) is 15.2 Å². The van der Waals surface area contributed by atoms with Crippen LogP contribution in [0.1, 0.15) is 12.5 Å². The van der Waals surface area contributed by atoms with Crippen LogP contribution in [0.15, 0.2) is 64.2 Å². The fourth-order valence-corrected chi connectivity index (χ4v) is 3.14. The van der Waals surface area contributed by atoms with E-state index in [-0.39, 0.29) is 18.1 Å².